The van der Waals surface area contributed by atoms with E-state index in [-0.39, 0.29) is 18.1 Å². The monoisotopic (exact) mass is 324 g/mol. The Labute approximate surface area is 127 Å². The van der Waals surface area contributed by atoms with E-state index in [2.05, 4.69) is 35.8 Å². The largest absolute Gasteiger partial charge is 0.411 e. The normalized spacial score (nSPS) is 14.5. The molecule has 3 nitrogen and oxygen atoms in total. The zero-order valence-electron chi connectivity index (χ0n) is 13.1. The SMILES string of the molecule is Cc1nc(C(C)(C)C)sc1C(C)NCCOCC(F)(F)F. The van der Waals surface area contributed by atoms with Gasteiger partial charge in [-0.1, -0.05) is 20.8 Å². The molecule has 0 saturated carbocycles. The van der Waals surface area contributed by atoms with Crippen molar-refractivity contribution in [2.24, 2.45) is 0 Å². The zero-order chi connectivity index (χ0) is 16.3. The van der Waals surface area contributed by atoms with Gasteiger partial charge >= 0.3 is 6.18 Å². The van der Waals surface area contributed by atoms with Crippen LogP contribution in [0, 0.1) is 6.92 Å². The molecule has 122 valence electrons. The molecule has 0 aliphatic rings. The first-order valence-electron chi connectivity index (χ1n) is 6.86. The molecule has 0 spiro atoms. The summed E-state index contributed by atoms with van der Waals surface area (Å²) in [5.41, 5.74) is 0.976. The maximum atomic E-state index is 11.9. The van der Waals surface area contributed by atoms with Gasteiger partial charge in [0.2, 0.25) is 0 Å². The van der Waals surface area contributed by atoms with Gasteiger partial charge in [-0.15, -0.1) is 11.3 Å². The highest BCUT2D eigenvalue weighted by Crippen LogP contribution is 2.32. The van der Waals surface area contributed by atoms with Gasteiger partial charge < -0.3 is 10.1 Å². The number of hydrogen-bond donors (Lipinski definition) is 1. The molecule has 0 radical (unpaired) electrons. The Morgan fingerprint density at radius 2 is 1.90 bits per heavy atom. The molecule has 0 aliphatic carbocycles. The van der Waals surface area contributed by atoms with Gasteiger partial charge in [0.25, 0.3) is 0 Å². The summed E-state index contributed by atoms with van der Waals surface area (Å²) in [5.74, 6) is 0. The molecule has 1 aromatic heterocycles. The van der Waals surface area contributed by atoms with Crippen molar-refractivity contribution < 1.29 is 17.9 Å². The Bertz CT molecular complexity index is 452. The number of nitrogens with zero attached hydrogens (tertiary/aromatic N) is 1. The molecule has 1 unspecified atom stereocenters. The third-order valence-electron chi connectivity index (χ3n) is 2.83. The van der Waals surface area contributed by atoms with Crippen LogP contribution in [0.15, 0.2) is 0 Å². The maximum absolute atomic E-state index is 11.9. The van der Waals surface area contributed by atoms with Gasteiger partial charge in [0.15, 0.2) is 0 Å². The summed E-state index contributed by atoms with van der Waals surface area (Å²) in [6, 6.07) is 0.0492. The molecule has 1 rings (SSSR count). The highest BCUT2D eigenvalue weighted by atomic mass is 32.1. The second-order valence-corrected chi connectivity index (χ2v) is 7.09. The molecule has 0 saturated heterocycles. The molecule has 0 amide bonds. The van der Waals surface area contributed by atoms with Gasteiger partial charge in [-0.2, -0.15) is 13.2 Å². The average Bonchev–Trinajstić information content (AvgIpc) is 2.69. The van der Waals surface area contributed by atoms with E-state index < -0.39 is 12.8 Å². The Morgan fingerprint density at radius 1 is 1.29 bits per heavy atom. The number of aryl methyl sites for hydroxylation is 1. The van der Waals surface area contributed by atoms with Crippen LogP contribution in [0.1, 0.15) is 49.3 Å². The van der Waals surface area contributed by atoms with Crippen LogP contribution in [0.25, 0.3) is 0 Å². The fourth-order valence-corrected chi connectivity index (χ4v) is 2.91. The summed E-state index contributed by atoms with van der Waals surface area (Å²) < 4.78 is 40.3. The van der Waals surface area contributed by atoms with E-state index in [9.17, 15) is 13.2 Å². The predicted octanol–water partition coefficient (Wildman–Crippen LogP) is 3.98. The van der Waals surface area contributed by atoms with E-state index in [0.29, 0.717) is 6.54 Å². The summed E-state index contributed by atoms with van der Waals surface area (Å²) >= 11 is 1.65. The van der Waals surface area contributed by atoms with E-state index in [1.807, 2.05) is 13.8 Å². The Balaban J connectivity index is 2.46. The molecule has 21 heavy (non-hydrogen) atoms. The average molecular weight is 324 g/mol. The summed E-state index contributed by atoms with van der Waals surface area (Å²) in [4.78, 5) is 5.70. The Kier molecular flexibility index (Phi) is 6.19. The number of halogens is 3. The van der Waals surface area contributed by atoms with Crippen LogP contribution in [0.5, 0.6) is 0 Å². The lowest BCUT2D eigenvalue weighted by Crippen LogP contribution is -2.25. The van der Waals surface area contributed by atoms with Crippen LogP contribution in [0.2, 0.25) is 0 Å². The third kappa shape index (κ3) is 6.32. The number of rotatable bonds is 6. The smallest absolute Gasteiger partial charge is 0.371 e. The van der Waals surface area contributed by atoms with Crippen LogP contribution >= 0.6 is 11.3 Å². The molecule has 0 bridgehead atoms. The Hall–Kier alpha value is -0.660. The van der Waals surface area contributed by atoms with E-state index in [1.165, 1.54) is 0 Å². The minimum absolute atomic E-state index is 0.00319. The standard InChI is InChI=1S/C14H23F3N2OS/c1-9(18-6-7-20-8-14(15,16)17)11-10(2)19-12(21-11)13(3,4)5/h9,18H,6-8H2,1-5H3. The number of aromatic nitrogens is 1. The molecular weight excluding hydrogens is 301 g/mol. The molecule has 1 aromatic rings. The lowest BCUT2D eigenvalue weighted by atomic mass is 9.98. The number of hydrogen-bond acceptors (Lipinski definition) is 4. The predicted molar refractivity (Wildman–Crippen MR) is 78.8 cm³/mol. The summed E-state index contributed by atoms with van der Waals surface area (Å²) in [6.45, 7) is 9.48. The van der Waals surface area contributed by atoms with Crippen LogP contribution in [-0.4, -0.2) is 30.9 Å². The molecule has 0 fully saturated rings. The van der Waals surface area contributed by atoms with Crippen molar-refractivity contribution in [1.82, 2.24) is 10.3 Å². The summed E-state index contributed by atoms with van der Waals surface area (Å²) in [5, 5.41) is 4.24. The van der Waals surface area contributed by atoms with Crippen molar-refractivity contribution >= 4 is 11.3 Å². The summed E-state index contributed by atoms with van der Waals surface area (Å²) in [7, 11) is 0. The first-order chi connectivity index (χ1) is 9.50. The van der Waals surface area contributed by atoms with E-state index in [0.717, 1.165) is 15.6 Å². The second kappa shape index (κ2) is 7.07. The molecule has 7 heteroatoms. The second-order valence-electron chi connectivity index (χ2n) is 6.06. The van der Waals surface area contributed by atoms with E-state index in [4.69, 9.17) is 0 Å². The van der Waals surface area contributed by atoms with Crippen molar-refractivity contribution in [1.29, 1.82) is 0 Å². The highest BCUT2D eigenvalue weighted by molar-refractivity contribution is 7.12. The van der Waals surface area contributed by atoms with Gasteiger partial charge in [0.1, 0.15) is 6.61 Å². The Morgan fingerprint density at radius 3 is 2.38 bits per heavy atom. The third-order valence-corrected chi connectivity index (χ3v) is 4.60. The fraction of sp³-hybridized carbons (Fsp3) is 0.786. The lowest BCUT2D eigenvalue weighted by molar-refractivity contribution is -0.173. The minimum atomic E-state index is -4.26. The topological polar surface area (TPSA) is 34.2 Å². The zero-order valence-corrected chi connectivity index (χ0v) is 13.9. The molecule has 1 atom stereocenters. The first kappa shape index (κ1) is 18.4. The van der Waals surface area contributed by atoms with Crippen LogP contribution in [0.3, 0.4) is 0 Å². The van der Waals surface area contributed by atoms with Crippen molar-refractivity contribution in [3.05, 3.63) is 15.6 Å². The fourth-order valence-electron chi connectivity index (χ4n) is 1.76. The quantitative estimate of drug-likeness (QED) is 0.804. The molecule has 1 heterocycles. The van der Waals surface area contributed by atoms with Crippen molar-refractivity contribution in [2.75, 3.05) is 19.8 Å². The minimum Gasteiger partial charge on any atom is -0.371 e. The number of alkyl halides is 3. The van der Waals surface area contributed by atoms with Crippen LogP contribution < -0.4 is 5.32 Å². The molecular formula is C14H23F3N2OS. The highest BCUT2D eigenvalue weighted by Gasteiger charge is 2.27. The van der Waals surface area contributed by atoms with Gasteiger partial charge in [0, 0.05) is 22.9 Å². The maximum Gasteiger partial charge on any atom is 0.411 e. The van der Waals surface area contributed by atoms with Crippen LogP contribution in [-0.2, 0) is 10.2 Å². The number of nitrogens with one attached hydrogen (secondary N) is 1. The van der Waals surface area contributed by atoms with Gasteiger partial charge in [-0.3, -0.25) is 0 Å². The van der Waals surface area contributed by atoms with Gasteiger partial charge in [-0.25, -0.2) is 4.98 Å². The molecule has 0 aliphatic heterocycles. The van der Waals surface area contributed by atoms with Crippen molar-refractivity contribution in [3.8, 4) is 0 Å². The summed E-state index contributed by atoms with van der Waals surface area (Å²) in [6.07, 6.45) is -4.26. The van der Waals surface area contributed by atoms with Crippen LogP contribution in [0.4, 0.5) is 13.2 Å². The van der Waals surface area contributed by atoms with E-state index in [1.54, 1.807) is 11.3 Å². The first-order valence-corrected chi connectivity index (χ1v) is 7.68. The van der Waals surface area contributed by atoms with Gasteiger partial charge in [0.05, 0.1) is 17.3 Å². The van der Waals surface area contributed by atoms with E-state index >= 15 is 0 Å². The van der Waals surface area contributed by atoms with Gasteiger partial charge in [-0.05, 0) is 13.8 Å². The molecule has 1 N–H and O–H groups in total. The van der Waals surface area contributed by atoms with Crippen molar-refractivity contribution in [2.45, 2.75) is 52.3 Å². The lowest BCUT2D eigenvalue weighted by Gasteiger charge is -2.15. The number of thiazole rings is 1. The van der Waals surface area contributed by atoms with Crippen molar-refractivity contribution in [3.63, 3.8) is 0 Å². The molecule has 0 aromatic carbocycles. The number of ether oxygens (including phenoxy) is 1.